The lowest BCUT2D eigenvalue weighted by Gasteiger charge is -1.90. The summed E-state index contributed by atoms with van der Waals surface area (Å²) in [6.07, 6.45) is 0.830. The van der Waals surface area contributed by atoms with Crippen LogP contribution in [0.15, 0.2) is 22.5 Å². The van der Waals surface area contributed by atoms with E-state index in [1.54, 1.807) is 6.92 Å². The van der Waals surface area contributed by atoms with Crippen molar-refractivity contribution < 1.29 is 18.2 Å². The van der Waals surface area contributed by atoms with Gasteiger partial charge in [-0.3, -0.25) is 14.9 Å². The van der Waals surface area contributed by atoms with Crippen molar-refractivity contribution in [3.63, 3.8) is 0 Å². The topological polar surface area (TPSA) is 73.3 Å². The van der Waals surface area contributed by atoms with Crippen LogP contribution in [-0.4, -0.2) is 11.2 Å². The van der Waals surface area contributed by atoms with Crippen LogP contribution in [0.4, 0.5) is 5.69 Å². The molecular formula is C11H9NO4. The van der Waals surface area contributed by atoms with Crippen LogP contribution in [0.25, 0.3) is 11.0 Å². The van der Waals surface area contributed by atoms with E-state index in [1.807, 2.05) is 0 Å². The SMILES string of the molecule is [2H]c1c([N+](=O)[O-])c([2H])c2oc(CC)c(C=O)c2c1[2H]. The predicted octanol–water partition coefficient (Wildman–Crippen LogP) is 2.72. The standard InChI is InChI=1S/C11H9NO4/c1-2-10-9(6-13)8-4-3-7(12(14)15)5-11(8)16-10/h3-6H,2H2,1H3/i3D,4D,5D. The normalized spacial score (nSPS) is 13.2. The molecule has 2 aromatic rings. The maximum atomic E-state index is 11.1. The Morgan fingerprint density at radius 3 is 2.94 bits per heavy atom. The van der Waals surface area contributed by atoms with E-state index in [-0.39, 0.29) is 22.3 Å². The molecule has 2 rings (SSSR count). The van der Waals surface area contributed by atoms with Crippen LogP contribution in [0.1, 0.15) is 27.2 Å². The Morgan fingerprint density at radius 1 is 1.62 bits per heavy atom. The van der Waals surface area contributed by atoms with Crippen LogP contribution in [0.3, 0.4) is 0 Å². The zero-order valence-electron chi connectivity index (χ0n) is 11.4. The lowest BCUT2D eigenvalue weighted by molar-refractivity contribution is -0.384. The highest BCUT2D eigenvalue weighted by atomic mass is 16.6. The van der Waals surface area contributed by atoms with E-state index in [0.29, 0.717) is 12.7 Å². The van der Waals surface area contributed by atoms with E-state index in [4.69, 9.17) is 8.53 Å². The molecule has 0 spiro atoms. The summed E-state index contributed by atoms with van der Waals surface area (Å²) in [5, 5.41) is 10.8. The van der Waals surface area contributed by atoms with Crippen LogP contribution in [0, 0.1) is 10.1 Å². The van der Waals surface area contributed by atoms with Gasteiger partial charge in [0.1, 0.15) is 11.3 Å². The second-order valence-electron chi connectivity index (χ2n) is 3.10. The second kappa shape index (κ2) is 3.77. The number of aldehydes is 1. The van der Waals surface area contributed by atoms with Gasteiger partial charge in [0, 0.05) is 17.8 Å². The number of hydrogen-bond donors (Lipinski definition) is 0. The van der Waals surface area contributed by atoms with E-state index in [9.17, 15) is 14.9 Å². The minimum absolute atomic E-state index is 0.00699. The average molecular weight is 222 g/mol. The highest BCUT2D eigenvalue weighted by Gasteiger charge is 2.15. The highest BCUT2D eigenvalue weighted by molar-refractivity contribution is 5.98. The summed E-state index contributed by atoms with van der Waals surface area (Å²) >= 11 is 0. The molecule has 0 saturated carbocycles. The van der Waals surface area contributed by atoms with E-state index < -0.39 is 28.7 Å². The molecule has 0 amide bonds. The Labute approximate surface area is 95.0 Å². The fourth-order valence-corrected chi connectivity index (χ4v) is 1.44. The molecule has 5 nitrogen and oxygen atoms in total. The molecule has 0 fully saturated rings. The first-order valence-electron chi connectivity index (χ1n) is 6.08. The van der Waals surface area contributed by atoms with E-state index in [0.717, 1.165) is 0 Å². The molecule has 82 valence electrons. The van der Waals surface area contributed by atoms with Crippen LogP contribution in [0.2, 0.25) is 0 Å². The summed E-state index contributed by atoms with van der Waals surface area (Å²) in [4.78, 5) is 21.0. The maximum absolute atomic E-state index is 11.1. The van der Waals surface area contributed by atoms with Gasteiger partial charge >= 0.3 is 0 Å². The number of aryl methyl sites for hydroxylation is 1. The monoisotopic (exact) mass is 222 g/mol. The number of carbonyl (C=O) groups excluding carboxylic acids is 1. The van der Waals surface area contributed by atoms with Crippen molar-refractivity contribution in [2.45, 2.75) is 13.3 Å². The lowest BCUT2D eigenvalue weighted by Crippen LogP contribution is -1.87. The third kappa shape index (κ3) is 1.46. The lowest BCUT2D eigenvalue weighted by atomic mass is 10.1. The second-order valence-corrected chi connectivity index (χ2v) is 3.10. The number of furan rings is 1. The minimum Gasteiger partial charge on any atom is -0.460 e. The molecule has 5 heteroatoms. The number of nitro groups is 1. The van der Waals surface area contributed by atoms with Crippen LogP contribution < -0.4 is 0 Å². The average Bonchev–Trinajstić information content (AvgIpc) is 2.74. The van der Waals surface area contributed by atoms with Crippen molar-refractivity contribution in [1.82, 2.24) is 0 Å². The molecular weight excluding hydrogens is 210 g/mol. The summed E-state index contributed by atoms with van der Waals surface area (Å²) in [5.41, 5.74) is -0.891. The molecule has 0 bridgehead atoms. The summed E-state index contributed by atoms with van der Waals surface area (Å²) in [5.74, 6) is 0.256. The van der Waals surface area contributed by atoms with Gasteiger partial charge in [-0.2, -0.15) is 0 Å². The summed E-state index contributed by atoms with van der Waals surface area (Å²) in [7, 11) is 0. The van der Waals surface area contributed by atoms with Crippen molar-refractivity contribution in [2.75, 3.05) is 0 Å². The van der Waals surface area contributed by atoms with Crippen LogP contribution in [0.5, 0.6) is 0 Å². The molecule has 0 unspecified atom stereocenters. The van der Waals surface area contributed by atoms with Crippen molar-refractivity contribution in [2.24, 2.45) is 0 Å². The molecule has 0 N–H and O–H groups in total. The van der Waals surface area contributed by atoms with Crippen LogP contribution >= 0.6 is 0 Å². The van der Waals surface area contributed by atoms with Crippen LogP contribution in [-0.2, 0) is 6.42 Å². The Balaban J connectivity index is 3.04. The van der Waals surface area contributed by atoms with Gasteiger partial charge in [0.2, 0.25) is 0 Å². The van der Waals surface area contributed by atoms with E-state index in [2.05, 4.69) is 0 Å². The molecule has 0 saturated heterocycles. The van der Waals surface area contributed by atoms with Gasteiger partial charge in [0.05, 0.1) is 20.6 Å². The Hall–Kier alpha value is -2.17. The first kappa shape index (κ1) is 7.16. The quantitative estimate of drug-likeness (QED) is 0.454. The third-order valence-electron chi connectivity index (χ3n) is 2.18. The van der Waals surface area contributed by atoms with Crippen molar-refractivity contribution >= 4 is 22.9 Å². The molecule has 1 aromatic heterocycles. The van der Waals surface area contributed by atoms with Crippen molar-refractivity contribution in [3.8, 4) is 0 Å². The number of carbonyl (C=O) groups is 1. The van der Waals surface area contributed by atoms with Gasteiger partial charge < -0.3 is 4.42 Å². The Morgan fingerprint density at radius 2 is 2.38 bits per heavy atom. The Bertz CT molecular complexity index is 708. The third-order valence-corrected chi connectivity index (χ3v) is 2.18. The number of rotatable bonds is 3. The largest absolute Gasteiger partial charge is 0.460 e. The number of hydrogen-bond acceptors (Lipinski definition) is 4. The first-order chi connectivity index (χ1) is 8.93. The summed E-state index contributed by atoms with van der Waals surface area (Å²) < 4.78 is 28.3. The van der Waals surface area contributed by atoms with Crippen molar-refractivity contribution in [3.05, 3.63) is 39.6 Å². The van der Waals surface area contributed by atoms with Gasteiger partial charge in [-0.1, -0.05) is 6.92 Å². The number of fused-ring (bicyclic) bond motifs is 1. The maximum Gasteiger partial charge on any atom is 0.273 e. The van der Waals surface area contributed by atoms with E-state index in [1.165, 1.54) is 0 Å². The number of benzene rings is 1. The van der Waals surface area contributed by atoms with Gasteiger partial charge in [0.15, 0.2) is 6.29 Å². The molecule has 0 atom stereocenters. The Kier molecular flexibility index (Phi) is 1.69. The van der Waals surface area contributed by atoms with Gasteiger partial charge in [-0.15, -0.1) is 0 Å². The molecule has 0 aliphatic rings. The first-order valence-corrected chi connectivity index (χ1v) is 4.58. The fraction of sp³-hybridized carbons (Fsp3) is 0.182. The smallest absolute Gasteiger partial charge is 0.273 e. The van der Waals surface area contributed by atoms with Crippen molar-refractivity contribution in [1.29, 1.82) is 0 Å². The molecule has 16 heavy (non-hydrogen) atoms. The van der Waals surface area contributed by atoms with Gasteiger partial charge in [-0.05, 0) is 6.04 Å². The number of nitrogens with zero attached hydrogens (tertiary/aromatic N) is 1. The minimum atomic E-state index is -0.892. The van der Waals surface area contributed by atoms with Gasteiger partial charge in [0.25, 0.3) is 5.69 Å². The fourth-order valence-electron chi connectivity index (χ4n) is 1.44. The molecule has 0 radical (unpaired) electrons. The van der Waals surface area contributed by atoms with E-state index >= 15 is 0 Å². The molecule has 0 aliphatic heterocycles. The van der Waals surface area contributed by atoms with Gasteiger partial charge in [-0.25, -0.2) is 0 Å². The summed E-state index contributed by atoms with van der Waals surface area (Å²) in [6, 6.07) is -1.74. The zero-order valence-corrected chi connectivity index (χ0v) is 8.36. The molecule has 1 heterocycles. The number of nitro benzene ring substituents is 1. The molecule has 0 aliphatic carbocycles. The predicted molar refractivity (Wildman–Crippen MR) is 57.6 cm³/mol. The summed E-state index contributed by atoms with van der Waals surface area (Å²) in [6.45, 7) is 1.72. The highest BCUT2D eigenvalue weighted by Crippen LogP contribution is 2.28. The molecule has 1 aromatic carbocycles. The zero-order chi connectivity index (χ0) is 14.3.